The van der Waals surface area contributed by atoms with E-state index in [2.05, 4.69) is 10.2 Å². The third kappa shape index (κ3) is 2.99. The molecule has 11 heteroatoms. The molecular formula is C13H13F3N4O4. The number of aliphatic hydroxyl groups excluding tert-OH is 1. The van der Waals surface area contributed by atoms with Gasteiger partial charge in [-0.05, 0) is 0 Å². The number of halogens is 3. The Morgan fingerprint density at radius 2 is 2.04 bits per heavy atom. The van der Waals surface area contributed by atoms with E-state index in [0.717, 1.165) is 10.6 Å². The van der Waals surface area contributed by atoms with Gasteiger partial charge in [0.05, 0.1) is 13.1 Å². The maximum absolute atomic E-state index is 12.8. The number of nitrogens with zero attached hydrogens (tertiary/aromatic N) is 4. The minimum absolute atomic E-state index is 0.00710. The van der Waals surface area contributed by atoms with Crippen LogP contribution in [0.5, 0.6) is 5.75 Å². The third-order valence-electron chi connectivity index (χ3n) is 3.65. The smallest absolute Gasteiger partial charge is 0.451 e. The summed E-state index contributed by atoms with van der Waals surface area (Å²) in [7, 11) is 0. The molecule has 0 atom stereocenters. The number of aliphatic hydroxyl groups is 1. The van der Waals surface area contributed by atoms with E-state index in [0.29, 0.717) is 0 Å². The summed E-state index contributed by atoms with van der Waals surface area (Å²) in [6.45, 7) is -0.229. The van der Waals surface area contributed by atoms with Gasteiger partial charge < -0.3 is 19.2 Å². The second-order valence-corrected chi connectivity index (χ2v) is 5.31. The van der Waals surface area contributed by atoms with Crippen molar-refractivity contribution in [1.29, 1.82) is 0 Å². The number of aromatic nitrogens is 3. The third-order valence-corrected chi connectivity index (χ3v) is 3.65. The SMILES string of the molecule is O=c1cc(CO)oc(CN2CCn3c(nnc3C(F)(F)F)C2)c1O. The quantitative estimate of drug-likeness (QED) is 0.832. The van der Waals surface area contributed by atoms with E-state index in [1.807, 2.05) is 0 Å². The standard InChI is InChI=1S/C13H13F3N4O4/c14-13(15,16)12-18-17-10-5-19(1-2-20(10)12)4-9-11(23)8(22)3-7(6-21)24-9/h3,21,23H,1-2,4-6H2. The summed E-state index contributed by atoms with van der Waals surface area (Å²) in [5.74, 6) is -1.57. The molecule has 130 valence electrons. The fourth-order valence-corrected chi connectivity index (χ4v) is 2.53. The molecule has 0 aromatic carbocycles. The molecule has 0 saturated heterocycles. The Morgan fingerprint density at radius 3 is 2.71 bits per heavy atom. The second-order valence-electron chi connectivity index (χ2n) is 5.31. The zero-order valence-corrected chi connectivity index (χ0v) is 12.2. The van der Waals surface area contributed by atoms with E-state index in [4.69, 9.17) is 9.52 Å². The fourth-order valence-electron chi connectivity index (χ4n) is 2.53. The molecule has 0 radical (unpaired) electrons. The first kappa shape index (κ1) is 16.5. The normalized spacial score (nSPS) is 15.5. The Balaban J connectivity index is 1.81. The first-order chi connectivity index (χ1) is 11.3. The number of hydrogen-bond acceptors (Lipinski definition) is 7. The summed E-state index contributed by atoms with van der Waals surface area (Å²) in [5, 5.41) is 25.5. The number of aromatic hydroxyl groups is 1. The molecule has 3 heterocycles. The molecule has 3 rings (SSSR count). The molecule has 2 N–H and O–H groups in total. The minimum atomic E-state index is -4.58. The minimum Gasteiger partial charge on any atom is -0.502 e. The molecule has 0 bridgehead atoms. The summed E-state index contributed by atoms with van der Waals surface area (Å²) < 4.78 is 44.6. The Hall–Kier alpha value is -2.40. The molecule has 0 spiro atoms. The van der Waals surface area contributed by atoms with Crippen molar-refractivity contribution in [1.82, 2.24) is 19.7 Å². The van der Waals surface area contributed by atoms with Gasteiger partial charge in [-0.3, -0.25) is 9.69 Å². The largest absolute Gasteiger partial charge is 0.502 e. The van der Waals surface area contributed by atoms with Crippen molar-refractivity contribution in [2.45, 2.75) is 32.4 Å². The molecular weight excluding hydrogens is 333 g/mol. The number of rotatable bonds is 3. The Kier molecular flexibility index (Phi) is 4.05. The van der Waals surface area contributed by atoms with Crippen molar-refractivity contribution in [2.24, 2.45) is 0 Å². The van der Waals surface area contributed by atoms with Gasteiger partial charge in [0.1, 0.15) is 18.2 Å². The molecule has 8 nitrogen and oxygen atoms in total. The summed E-state index contributed by atoms with van der Waals surface area (Å²) in [4.78, 5) is 13.2. The van der Waals surface area contributed by atoms with Crippen LogP contribution in [0, 0.1) is 0 Å². The van der Waals surface area contributed by atoms with Crippen LogP contribution >= 0.6 is 0 Å². The molecule has 2 aromatic rings. The van der Waals surface area contributed by atoms with Gasteiger partial charge in [-0.2, -0.15) is 13.2 Å². The summed E-state index contributed by atoms with van der Waals surface area (Å²) in [6.07, 6.45) is -4.58. The predicted molar refractivity (Wildman–Crippen MR) is 71.7 cm³/mol. The molecule has 24 heavy (non-hydrogen) atoms. The Labute approximate surface area is 132 Å². The van der Waals surface area contributed by atoms with Crippen molar-refractivity contribution in [3.05, 3.63) is 39.5 Å². The average Bonchev–Trinajstić information content (AvgIpc) is 2.94. The molecule has 0 fully saturated rings. The summed E-state index contributed by atoms with van der Waals surface area (Å²) in [5.41, 5.74) is -0.695. The van der Waals surface area contributed by atoms with Gasteiger partial charge in [-0.15, -0.1) is 10.2 Å². The van der Waals surface area contributed by atoms with Crippen molar-refractivity contribution < 1.29 is 27.8 Å². The van der Waals surface area contributed by atoms with Crippen molar-refractivity contribution in [3.63, 3.8) is 0 Å². The van der Waals surface area contributed by atoms with Gasteiger partial charge in [0.25, 0.3) is 0 Å². The first-order valence-corrected chi connectivity index (χ1v) is 6.97. The monoisotopic (exact) mass is 346 g/mol. The van der Waals surface area contributed by atoms with Gasteiger partial charge >= 0.3 is 6.18 Å². The van der Waals surface area contributed by atoms with Crippen LogP contribution < -0.4 is 5.43 Å². The van der Waals surface area contributed by atoms with Gasteiger partial charge in [0, 0.05) is 19.2 Å². The molecule has 1 aliphatic heterocycles. The number of alkyl halides is 3. The molecule has 0 unspecified atom stereocenters. The van der Waals surface area contributed by atoms with Crippen LogP contribution in [0.3, 0.4) is 0 Å². The highest BCUT2D eigenvalue weighted by molar-refractivity contribution is 5.24. The Bertz CT molecular complexity index is 815. The molecule has 0 aliphatic carbocycles. The highest BCUT2D eigenvalue weighted by Crippen LogP contribution is 2.29. The highest BCUT2D eigenvalue weighted by Gasteiger charge is 2.39. The topological polar surface area (TPSA) is 105 Å². The number of hydrogen-bond donors (Lipinski definition) is 2. The lowest BCUT2D eigenvalue weighted by molar-refractivity contribution is -0.148. The van der Waals surface area contributed by atoms with E-state index in [-0.39, 0.29) is 43.5 Å². The lowest BCUT2D eigenvalue weighted by Crippen LogP contribution is -2.35. The second kappa shape index (κ2) is 5.91. The fraction of sp³-hybridized carbons (Fsp3) is 0.462. The van der Waals surface area contributed by atoms with Crippen molar-refractivity contribution >= 4 is 0 Å². The van der Waals surface area contributed by atoms with Crippen LogP contribution in [0.25, 0.3) is 0 Å². The van der Waals surface area contributed by atoms with Crippen LogP contribution in [0.15, 0.2) is 15.3 Å². The maximum atomic E-state index is 12.8. The molecule has 2 aromatic heterocycles. The summed E-state index contributed by atoms with van der Waals surface area (Å²) >= 11 is 0. The zero-order chi connectivity index (χ0) is 17.5. The number of fused-ring (bicyclic) bond motifs is 1. The van der Waals surface area contributed by atoms with E-state index in [1.165, 1.54) is 0 Å². The molecule has 0 saturated carbocycles. The predicted octanol–water partition coefficient (Wildman–Crippen LogP) is 0.464. The van der Waals surface area contributed by atoms with Gasteiger partial charge in [-0.1, -0.05) is 0 Å². The van der Waals surface area contributed by atoms with E-state index >= 15 is 0 Å². The first-order valence-electron chi connectivity index (χ1n) is 6.97. The van der Waals surface area contributed by atoms with Crippen LogP contribution in [0.2, 0.25) is 0 Å². The zero-order valence-electron chi connectivity index (χ0n) is 12.2. The van der Waals surface area contributed by atoms with Crippen molar-refractivity contribution in [2.75, 3.05) is 6.54 Å². The van der Waals surface area contributed by atoms with E-state index < -0.39 is 29.8 Å². The van der Waals surface area contributed by atoms with Gasteiger partial charge in [0.2, 0.25) is 17.0 Å². The van der Waals surface area contributed by atoms with E-state index in [9.17, 15) is 23.1 Å². The summed E-state index contributed by atoms with van der Waals surface area (Å²) in [6, 6.07) is 0.973. The van der Waals surface area contributed by atoms with Gasteiger partial charge in [-0.25, -0.2) is 0 Å². The van der Waals surface area contributed by atoms with Crippen LogP contribution in [0.1, 0.15) is 23.2 Å². The van der Waals surface area contributed by atoms with Crippen LogP contribution in [-0.4, -0.2) is 36.4 Å². The van der Waals surface area contributed by atoms with E-state index in [1.54, 1.807) is 4.90 Å². The lowest BCUT2D eigenvalue weighted by atomic mass is 10.2. The van der Waals surface area contributed by atoms with Crippen LogP contribution in [0.4, 0.5) is 13.2 Å². The van der Waals surface area contributed by atoms with Gasteiger partial charge in [0.15, 0.2) is 5.76 Å². The average molecular weight is 346 g/mol. The Morgan fingerprint density at radius 1 is 1.29 bits per heavy atom. The lowest BCUT2D eigenvalue weighted by Gasteiger charge is -2.27. The molecule has 0 amide bonds. The van der Waals surface area contributed by atoms with Crippen LogP contribution in [-0.2, 0) is 32.4 Å². The highest BCUT2D eigenvalue weighted by atomic mass is 19.4. The maximum Gasteiger partial charge on any atom is 0.451 e. The molecule has 1 aliphatic rings. The van der Waals surface area contributed by atoms with Crippen molar-refractivity contribution in [3.8, 4) is 5.75 Å².